The summed E-state index contributed by atoms with van der Waals surface area (Å²) in [5, 5.41) is 0. The van der Waals surface area contributed by atoms with E-state index >= 15 is 0 Å². The first-order valence-electron chi connectivity index (χ1n) is 4.61. The van der Waals surface area contributed by atoms with Gasteiger partial charge in [0.1, 0.15) is 11.5 Å². The topological polar surface area (TPSA) is 25.8 Å². The summed E-state index contributed by atoms with van der Waals surface area (Å²) in [7, 11) is 0. The van der Waals surface area contributed by atoms with Gasteiger partial charge in [-0.15, -0.1) is 0 Å². The van der Waals surface area contributed by atoms with Crippen LogP contribution in [0.1, 0.15) is 5.56 Å². The second kappa shape index (κ2) is 4.12. The zero-order chi connectivity index (χ0) is 12.5. The van der Waals surface area contributed by atoms with Gasteiger partial charge in [0.2, 0.25) is 0 Å². The van der Waals surface area contributed by atoms with Crippen molar-refractivity contribution in [2.45, 2.75) is 6.18 Å². The van der Waals surface area contributed by atoms with Gasteiger partial charge < -0.3 is 0 Å². The molecule has 0 unspecified atom stereocenters. The number of nitrogens with zero attached hydrogens (tertiary/aromatic N) is 2. The molecule has 0 saturated carbocycles. The molecule has 0 atom stereocenters. The van der Waals surface area contributed by atoms with Crippen LogP contribution >= 0.6 is 0 Å². The van der Waals surface area contributed by atoms with E-state index in [4.69, 9.17) is 0 Å². The molecule has 0 aliphatic carbocycles. The number of rotatable bonds is 1. The van der Waals surface area contributed by atoms with Gasteiger partial charge in [-0.2, -0.15) is 13.2 Å². The number of halogens is 4. The molecule has 0 amide bonds. The molecule has 2 rings (SSSR count). The van der Waals surface area contributed by atoms with Crippen LogP contribution in [0.15, 0.2) is 36.8 Å². The Morgan fingerprint density at radius 2 is 1.71 bits per heavy atom. The summed E-state index contributed by atoms with van der Waals surface area (Å²) in [6.07, 6.45) is -1.16. The van der Waals surface area contributed by atoms with Gasteiger partial charge >= 0.3 is 6.18 Å². The molecule has 0 aliphatic heterocycles. The van der Waals surface area contributed by atoms with Crippen LogP contribution in [0.3, 0.4) is 0 Å². The van der Waals surface area contributed by atoms with E-state index < -0.39 is 17.6 Å². The van der Waals surface area contributed by atoms with Crippen molar-refractivity contribution in [1.82, 2.24) is 9.97 Å². The summed E-state index contributed by atoms with van der Waals surface area (Å²) in [5.41, 5.74) is -0.848. The van der Waals surface area contributed by atoms with E-state index in [2.05, 4.69) is 9.97 Å². The fraction of sp³-hybridized carbons (Fsp3) is 0.0909. The summed E-state index contributed by atoms with van der Waals surface area (Å²) in [5.74, 6) is -1.01. The lowest BCUT2D eigenvalue weighted by Gasteiger charge is -2.08. The summed E-state index contributed by atoms with van der Waals surface area (Å²) < 4.78 is 50.3. The Bertz CT molecular complexity index is 523. The van der Waals surface area contributed by atoms with Crippen molar-refractivity contribution in [3.63, 3.8) is 0 Å². The normalized spacial score (nSPS) is 11.5. The molecule has 0 spiro atoms. The van der Waals surface area contributed by atoms with Crippen LogP contribution in [-0.2, 0) is 6.18 Å². The maximum Gasteiger partial charge on any atom is 0.417 e. The highest BCUT2D eigenvalue weighted by Gasteiger charge is 2.31. The smallest absolute Gasteiger partial charge is 0.265 e. The van der Waals surface area contributed by atoms with Crippen LogP contribution in [0.25, 0.3) is 11.3 Å². The average Bonchev–Trinajstić information content (AvgIpc) is 2.29. The van der Waals surface area contributed by atoms with Crippen LogP contribution < -0.4 is 0 Å². The lowest BCUT2D eigenvalue weighted by Crippen LogP contribution is -2.06. The zero-order valence-corrected chi connectivity index (χ0v) is 8.37. The molecule has 2 aromatic heterocycles. The lowest BCUT2D eigenvalue weighted by atomic mass is 10.1. The molecule has 2 nitrogen and oxygen atoms in total. The molecule has 0 aliphatic rings. The standard InChI is InChI=1S/C11H6F4N2/c12-9-5-8(11(13,14)15)6-17-10(9)7-1-3-16-4-2-7/h1-6H. The van der Waals surface area contributed by atoms with Gasteiger partial charge in [-0.25, -0.2) is 4.39 Å². The summed E-state index contributed by atoms with van der Waals surface area (Å²) in [6, 6.07) is 3.38. The number of alkyl halides is 3. The van der Waals surface area contributed by atoms with Crippen LogP contribution in [-0.4, -0.2) is 9.97 Å². The predicted molar refractivity (Wildman–Crippen MR) is 52.4 cm³/mol. The first-order valence-corrected chi connectivity index (χ1v) is 4.61. The highest BCUT2D eigenvalue weighted by Crippen LogP contribution is 2.31. The Hall–Kier alpha value is -1.98. The maximum atomic E-state index is 13.5. The number of hydrogen-bond donors (Lipinski definition) is 0. The average molecular weight is 242 g/mol. The molecule has 0 bridgehead atoms. The Balaban J connectivity index is 2.46. The molecule has 0 N–H and O–H groups in total. The van der Waals surface area contributed by atoms with E-state index in [0.29, 0.717) is 17.8 Å². The van der Waals surface area contributed by atoms with Gasteiger partial charge in [-0.1, -0.05) is 0 Å². The fourth-order valence-corrected chi connectivity index (χ4v) is 1.32. The van der Waals surface area contributed by atoms with Gasteiger partial charge in [-0.3, -0.25) is 9.97 Å². The molecule has 0 aromatic carbocycles. The molecular formula is C11H6F4N2. The molecule has 2 aromatic rings. The third-order valence-corrected chi connectivity index (χ3v) is 2.12. The van der Waals surface area contributed by atoms with Gasteiger partial charge in [0.25, 0.3) is 0 Å². The van der Waals surface area contributed by atoms with Gasteiger partial charge in [-0.05, 0) is 18.2 Å². The van der Waals surface area contributed by atoms with Gasteiger partial charge in [0, 0.05) is 24.2 Å². The molecule has 88 valence electrons. The van der Waals surface area contributed by atoms with E-state index in [1.165, 1.54) is 24.5 Å². The Morgan fingerprint density at radius 3 is 2.24 bits per heavy atom. The first kappa shape index (κ1) is 11.5. The van der Waals surface area contributed by atoms with Crippen LogP contribution in [0.2, 0.25) is 0 Å². The van der Waals surface area contributed by atoms with Crippen molar-refractivity contribution < 1.29 is 17.6 Å². The van der Waals surface area contributed by atoms with E-state index in [9.17, 15) is 17.6 Å². The van der Waals surface area contributed by atoms with E-state index in [0.717, 1.165) is 0 Å². The van der Waals surface area contributed by atoms with Crippen molar-refractivity contribution in [2.24, 2.45) is 0 Å². The van der Waals surface area contributed by atoms with Crippen molar-refractivity contribution in [2.75, 3.05) is 0 Å². The molecule has 17 heavy (non-hydrogen) atoms. The van der Waals surface area contributed by atoms with Crippen molar-refractivity contribution >= 4 is 0 Å². The summed E-state index contributed by atoms with van der Waals surface area (Å²) in [4.78, 5) is 7.22. The maximum absolute atomic E-state index is 13.5. The minimum atomic E-state index is -4.59. The number of hydrogen-bond acceptors (Lipinski definition) is 2. The monoisotopic (exact) mass is 242 g/mol. The second-order valence-electron chi connectivity index (χ2n) is 3.29. The summed E-state index contributed by atoms with van der Waals surface area (Å²) in [6.45, 7) is 0. The fourth-order valence-electron chi connectivity index (χ4n) is 1.32. The van der Waals surface area contributed by atoms with E-state index in [1.54, 1.807) is 0 Å². The predicted octanol–water partition coefficient (Wildman–Crippen LogP) is 3.30. The first-order chi connectivity index (χ1) is 7.98. The Labute approximate surface area is 94.0 Å². The molecular weight excluding hydrogens is 236 g/mol. The van der Waals surface area contributed by atoms with E-state index in [1.807, 2.05) is 0 Å². The van der Waals surface area contributed by atoms with Gasteiger partial charge in [0.15, 0.2) is 0 Å². The van der Waals surface area contributed by atoms with Crippen LogP contribution in [0, 0.1) is 5.82 Å². The third kappa shape index (κ3) is 2.41. The molecule has 0 fully saturated rings. The quantitative estimate of drug-likeness (QED) is 0.717. The number of pyridine rings is 2. The summed E-state index contributed by atoms with van der Waals surface area (Å²) >= 11 is 0. The van der Waals surface area contributed by atoms with Crippen LogP contribution in [0.5, 0.6) is 0 Å². The second-order valence-corrected chi connectivity index (χ2v) is 3.29. The highest BCUT2D eigenvalue weighted by molar-refractivity contribution is 5.59. The zero-order valence-electron chi connectivity index (χ0n) is 8.37. The Kier molecular flexibility index (Phi) is 2.79. The molecule has 0 radical (unpaired) electrons. The minimum absolute atomic E-state index is 0.125. The van der Waals surface area contributed by atoms with E-state index in [-0.39, 0.29) is 5.69 Å². The van der Waals surface area contributed by atoms with Crippen molar-refractivity contribution in [3.05, 3.63) is 48.2 Å². The molecule has 2 heterocycles. The third-order valence-electron chi connectivity index (χ3n) is 2.12. The van der Waals surface area contributed by atoms with Gasteiger partial charge in [0.05, 0.1) is 5.56 Å². The largest absolute Gasteiger partial charge is 0.417 e. The lowest BCUT2D eigenvalue weighted by molar-refractivity contribution is -0.138. The Morgan fingerprint density at radius 1 is 1.06 bits per heavy atom. The molecule has 6 heteroatoms. The number of aromatic nitrogens is 2. The highest BCUT2D eigenvalue weighted by atomic mass is 19.4. The minimum Gasteiger partial charge on any atom is -0.265 e. The molecule has 0 saturated heterocycles. The van der Waals surface area contributed by atoms with Crippen LogP contribution in [0.4, 0.5) is 17.6 Å². The van der Waals surface area contributed by atoms with Crippen molar-refractivity contribution in [3.8, 4) is 11.3 Å². The van der Waals surface area contributed by atoms with Crippen molar-refractivity contribution in [1.29, 1.82) is 0 Å². The SMILES string of the molecule is Fc1cc(C(F)(F)F)cnc1-c1ccncc1.